The molecule has 0 aromatic heterocycles. The van der Waals surface area contributed by atoms with E-state index in [1.165, 1.54) is 89.9 Å². The van der Waals surface area contributed by atoms with Crippen LogP contribution in [0.3, 0.4) is 0 Å². The second-order valence-electron chi connectivity index (χ2n) is 17.8. The molecule has 0 aliphatic heterocycles. The van der Waals surface area contributed by atoms with Crippen LogP contribution in [-0.4, -0.2) is 37.2 Å². The summed E-state index contributed by atoms with van der Waals surface area (Å²) >= 11 is 0. The fraction of sp³-hybridized carbons (Fsp3) is 0.656. The molecule has 380 valence electrons. The molecule has 0 spiro atoms. The number of carbonyl (C=O) groups is 3. The molecule has 0 saturated carbocycles. The van der Waals surface area contributed by atoms with E-state index in [0.717, 1.165) is 103 Å². The molecule has 0 saturated heterocycles. The number of rotatable bonds is 48. The van der Waals surface area contributed by atoms with Crippen LogP contribution in [0.25, 0.3) is 0 Å². The standard InChI is InChI=1S/C61H100O6/c1-4-7-10-13-16-19-22-25-27-29-30-32-34-37-39-42-45-48-51-54-60(63)66-57-58(67-61(64)55-52-49-46-43-40-35-24-21-18-15-12-9-6-3)56-65-59(62)53-50-47-44-41-38-36-33-31-28-26-23-20-17-14-11-8-5-2/h8,11,16-17,19-20,25-28,30,32-33,36-37,39,45,48,58H,4-7,9-10,12-15,18,21-24,29,31,34-35,38,40-44,46-47,49-57H2,1-3H3/b11-8-,19-16-,20-17-,27-25-,28-26-,32-30-,36-33-,39-37-,48-45-/t58-/m1/s1. The Morgan fingerprint density at radius 1 is 0.313 bits per heavy atom. The number of esters is 3. The highest BCUT2D eigenvalue weighted by molar-refractivity contribution is 5.71. The normalized spacial score (nSPS) is 12.9. The maximum Gasteiger partial charge on any atom is 0.306 e. The van der Waals surface area contributed by atoms with Crippen LogP contribution in [0.2, 0.25) is 0 Å². The Kier molecular flexibility index (Phi) is 51.5. The molecule has 6 heteroatoms. The monoisotopic (exact) mass is 929 g/mol. The SMILES string of the molecule is CC/C=C\C/C=C\C/C=C\C/C=C\CCCCCCC(=O)OC[C@H](COC(=O)CC/C=C\C/C=C\C/C=C\C/C=C\C/C=C\CCCCC)OC(=O)CCCCCCCCCCCCCCC. The molecule has 1 atom stereocenters. The van der Waals surface area contributed by atoms with Gasteiger partial charge >= 0.3 is 17.9 Å². The molecule has 0 aromatic rings. The Morgan fingerprint density at radius 3 is 1.03 bits per heavy atom. The van der Waals surface area contributed by atoms with E-state index < -0.39 is 6.10 Å². The van der Waals surface area contributed by atoms with Gasteiger partial charge in [0.2, 0.25) is 0 Å². The Morgan fingerprint density at radius 2 is 0.612 bits per heavy atom. The van der Waals surface area contributed by atoms with Crippen molar-refractivity contribution in [2.45, 2.75) is 245 Å². The third-order valence-electron chi connectivity index (χ3n) is 11.3. The highest BCUT2D eigenvalue weighted by Gasteiger charge is 2.19. The van der Waals surface area contributed by atoms with E-state index >= 15 is 0 Å². The molecule has 6 nitrogen and oxygen atoms in total. The van der Waals surface area contributed by atoms with E-state index in [2.05, 4.69) is 124 Å². The summed E-state index contributed by atoms with van der Waals surface area (Å²) in [7, 11) is 0. The molecule has 0 N–H and O–H groups in total. The third-order valence-corrected chi connectivity index (χ3v) is 11.3. The smallest absolute Gasteiger partial charge is 0.306 e. The first-order valence-corrected chi connectivity index (χ1v) is 27.4. The molecule has 0 fully saturated rings. The van der Waals surface area contributed by atoms with Crippen LogP contribution in [0.4, 0.5) is 0 Å². The summed E-state index contributed by atoms with van der Waals surface area (Å²) in [6.45, 7) is 6.41. The average molecular weight is 929 g/mol. The molecule has 0 heterocycles. The van der Waals surface area contributed by atoms with Gasteiger partial charge in [-0.25, -0.2) is 0 Å². The van der Waals surface area contributed by atoms with Gasteiger partial charge in [-0.2, -0.15) is 0 Å². The van der Waals surface area contributed by atoms with Crippen molar-refractivity contribution < 1.29 is 28.6 Å². The zero-order valence-corrected chi connectivity index (χ0v) is 43.4. The van der Waals surface area contributed by atoms with Crippen molar-refractivity contribution in [3.05, 3.63) is 109 Å². The van der Waals surface area contributed by atoms with Crippen LogP contribution in [0.1, 0.15) is 239 Å². The first-order valence-electron chi connectivity index (χ1n) is 27.4. The minimum absolute atomic E-state index is 0.114. The number of hydrogen-bond acceptors (Lipinski definition) is 6. The second-order valence-corrected chi connectivity index (χ2v) is 17.8. The molecule has 0 radical (unpaired) electrons. The van der Waals surface area contributed by atoms with Crippen LogP contribution in [0, 0.1) is 0 Å². The van der Waals surface area contributed by atoms with Gasteiger partial charge < -0.3 is 14.2 Å². The Bertz CT molecular complexity index is 1390. The zero-order valence-electron chi connectivity index (χ0n) is 43.4. The Labute approximate surface area is 412 Å². The third kappa shape index (κ3) is 52.9. The van der Waals surface area contributed by atoms with Crippen LogP contribution in [0.15, 0.2) is 109 Å². The average Bonchev–Trinajstić information content (AvgIpc) is 3.33. The highest BCUT2D eigenvalue weighted by Crippen LogP contribution is 2.14. The van der Waals surface area contributed by atoms with Gasteiger partial charge in [0.1, 0.15) is 13.2 Å². The summed E-state index contributed by atoms with van der Waals surface area (Å²) in [4.78, 5) is 38.0. The van der Waals surface area contributed by atoms with E-state index in [4.69, 9.17) is 14.2 Å². The summed E-state index contributed by atoms with van der Waals surface area (Å²) in [5.41, 5.74) is 0. The predicted molar refractivity (Wildman–Crippen MR) is 288 cm³/mol. The molecular weight excluding hydrogens is 829 g/mol. The number of hydrogen-bond donors (Lipinski definition) is 0. The Balaban J connectivity index is 4.53. The maximum atomic E-state index is 12.8. The quantitative estimate of drug-likeness (QED) is 0.0262. The van der Waals surface area contributed by atoms with Gasteiger partial charge in [0, 0.05) is 19.3 Å². The molecule has 0 bridgehead atoms. The lowest BCUT2D eigenvalue weighted by molar-refractivity contribution is -0.166. The molecule has 0 rings (SSSR count). The van der Waals surface area contributed by atoms with Crippen LogP contribution >= 0.6 is 0 Å². The molecule has 0 aliphatic carbocycles. The number of unbranched alkanes of at least 4 members (excludes halogenated alkanes) is 19. The molecular formula is C61H100O6. The number of ether oxygens (including phenoxy) is 3. The van der Waals surface area contributed by atoms with Crippen molar-refractivity contribution in [3.63, 3.8) is 0 Å². The van der Waals surface area contributed by atoms with Crippen molar-refractivity contribution in [1.82, 2.24) is 0 Å². The van der Waals surface area contributed by atoms with Crippen molar-refractivity contribution in [1.29, 1.82) is 0 Å². The van der Waals surface area contributed by atoms with Gasteiger partial charge in [-0.15, -0.1) is 0 Å². The molecule has 0 aliphatic rings. The fourth-order valence-electron chi connectivity index (χ4n) is 7.18. The zero-order chi connectivity index (χ0) is 48.6. The summed E-state index contributed by atoms with van der Waals surface area (Å²) < 4.78 is 16.7. The molecule has 0 aromatic carbocycles. The summed E-state index contributed by atoms with van der Waals surface area (Å²) in [6, 6.07) is 0. The van der Waals surface area contributed by atoms with Gasteiger partial charge in [-0.1, -0.05) is 233 Å². The molecule has 0 unspecified atom stereocenters. The van der Waals surface area contributed by atoms with Crippen LogP contribution in [0.5, 0.6) is 0 Å². The topological polar surface area (TPSA) is 78.9 Å². The van der Waals surface area contributed by atoms with Gasteiger partial charge in [-0.05, 0) is 96.3 Å². The first kappa shape index (κ1) is 63.1. The summed E-state index contributed by atoms with van der Waals surface area (Å²) in [5.74, 6) is -1.02. The van der Waals surface area contributed by atoms with Gasteiger partial charge in [-0.3, -0.25) is 14.4 Å². The van der Waals surface area contributed by atoms with E-state index in [1.807, 2.05) is 6.08 Å². The maximum absolute atomic E-state index is 12.8. The first-order chi connectivity index (χ1) is 33.0. The van der Waals surface area contributed by atoms with Crippen LogP contribution < -0.4 is 0 Å². The van der Waals surface area contributed by atoms with E-state index in [9.17, 15) is 14.4 Å². The lowest BCUT2D eigenvalue weighted by atomic mass is 10.0. The van der Waals surface area contributed by atoms with Gasteiger partial charge in [0.05, 0.1) is 0 Å². The van der Waals surface area contributed by atoms with Gasteiger partial charge in [0.15, 0.2) is 6.10 Å². The van der Waals surface area contributed by atoms with Crippen molar-refractivity contribution in [3.8, 4) is 0 Å². The lowest BCUT2D eigenvalue weighted by Crippen LogP contribution is -2.30. The predicted octanol–water partition coefficient (Wildman–Crippen LogP) is 18.3. The summed E-state index contributed by atoms with van der Waals surface area (Å²) in [6.07, 6.45) is 73.7. The molecule has 0 amide bonds. The largest absolute Gasteiger partial charge is 0.462 e. The lowest BCUT2D eigenvalue weighted by Gasteiger charge is -2.18. The minimum Gasteiger partial charge on any atom is -0.462 e. The van der Waals surface area contributed by atoms with E-state index in [-0.39, 0.29) is 37.5 Å². The summed E-state index contributed by atoms with van der Waals surface area (Å²) in [5, 5.41) is 0. The Hall–Kier alpha value is -3.93. The minimum atomic E-state index is -0.818. The van der Waals surface area contributed by atoms with E-state index in [1.54, 1.807) is 0 Å². The van der Waals surface area contributed by atoms with Crippen LogP contribution in [-0.2, 0) is 28.6 Å². The van der Waals surface area contributed by atoms with Crippen molar-refractivity contribution in [2.75, 3.05) is 13.2 Å². The second kappa shape index (κ2) is 54.7. The highest BCUT2D eigenvalue weighted by atomic mass is 16.6. The number of allylic oxidation sites excluding steroid dienone is 18. The fourth-order valence-corrected chi connectivity index (χ4v) is 7.18. The van der Waals surface area contributed by atoms with Crippen molar-refractivity contribution >= 4 is 17.9 Å². The van der Waals surface area contributed by atoms with Crippen molar-refractivity contribution in [2.24, 2.45) is 0 Å². The molecule has 67 heavy (non-hydrogen) atoms. The van der Waals surface area contributed by atoms with Gasteiger partial charge in [0.25, 0.3) is 0 Å². The van der Waals surface area contributed by atoms with E-state index in [0.29, 0.717) is 19.3 Å². The number of carbonyl (C=O) groups excluding carboxylic acids is 3.